The van der Waals surface area contributed by atoms with Crippen LogP contribution in [0.3, 0.4) is 0 Å². The first kappa shape index (κ1) is 13.4. The molecule has 1 aliphatic rings. The van der Waals surface area contributed by atoms with Gasteiger partial charge in [0.15, 0.2) is 5.96 Å². The number of hydrogen-bond donors (Lipinski definition) is 2. The molecule has 0 saturated heterocycles. The molecule has 98 valence electrons. The molecule has 0 unspecified atom stereocenters. The summed E-state index contributed by atoms with van der Waals surface area (Å²) in [5.41, 5.74) is 7.40. The predicted octanol–water partition coefficient (Wildman–Crippen LogP) is 2.80. The van der Waals surface area contributed by atoms with Crippen molar-refractivity contribution in [3.63, 3.8) is 0 Å². The Hall–Kier alpha value is -1.03. The lowest BCUT2D eigenvalue weighted by atomic mass is 9.96. The average Bonchev–Trinajstić information content (AvgIpc) is 3.15. The van der Waals surface area contributed by atoms with E-state index >= 15 is 0 Å². The number of nitrogens with one attached hydrogen (secondary N) is 1. The highest BCUT2D eigenvalue weighted by atomic mass is 79.9. The minimum atomic E-state index is 0.207. The molecule has 18 heavy (non-hydrogen) atoms. The Balaban J connectivity index is 2.03. The lowest BCUT2D eigenvalue weighted by molar-refractivity contribution is 0.695. The summed E-state index contributed by atoms with van der Waals surface area (Å²) >= 11 is 3.63. The normalized spacial score (nSPS) is 17.6. The average molecular weight is 310 g/mol. The Kier molecular flexibility index (Phi) is 4.27. The van der Waals surface area contributed by atoms with Crippen LogP contribution in [0.5, 0.6) is 0 Å². The topological polar surface area (TPSA) is 50.4 Å². The van der Waals surface area contributed by atoms with E-state index in [1.54, 1.807) is 0 Å². The maximum absolute atomic E-state index is 5.84. The van der Waals surface area contributed by atoms with Gasteiger partial charge in [0, 0.05) is 16.4 Å². The number of aliphatic imine (C=N–C) groups is 1. The van der Waals surface area contributed by atoms with Crippen LogP contribution in [-0.4, -0.2) is 19.0 Å². The second kappa shape index (κ2) is 5.74. The number of rotatable bonds is 5. The van der Waals surface area contributed by atoms with Gasteiger partial charge in [-0.3, -0.25) is 4.99 Å². The molecule has 0 amide bonds. The third-order valence-electron chi connectivity index (χ3n) is 3.41. The van der Waals surface area contributed by atoms with Crippen LogP contribution >= 0.6 is 15.9 Å². The van der Waals surface area contributed by atoms with Crippen LogP contribution in [0.25, 0.3) is 0 Å². The van der Waals surface area contributed by atoms with Gasteiger partial charge in [-0.05, 0) is 30.9 Å². The van der Waals surface area contributed by atoms with Crippen LogP contribution in [0.4, 0.5) is 0 Å². The van der Waals surface area contributed by atoms with E-state index in [2.05, 4.69) is 51.4 Å². The molecule has 4 heteroatoms. The van der Waals surface area contributed by atoms with Gasteiger partial charge in [-0.2, -0.15) is 0 Å². The summed E-state index contributed by atoms with van der Waals surface area (Å²) in [6, 6.07) is 8.41. The molecule has 1 saturated carbocycles. The van der Waals surface area contributed by atoms with Gasteiger partial charge in [0.05, 0.1) is 6.54 Å². The fraction of sp³-hybridized carbons (Fsp3) is 0.500. The van der Waals surface area contributed by atoms with Crippen molar-refractivity contribution in [3.05, 3.63) is 34.3 Å². The molecule has 1 aromatic rings. The quantitative estimate of drug-likeness (QED) is 0.649. The van der Waals surface area contributed by atoms with Gasteiger partial charge in [-0.25, -0.2) is 0 Å². The van der Waals surface area contributed by atoms with Gasteiger partial charge < -0.3 is 11.1 Å². The second-order valence-corrected chi connectivity index (χ2v) is 5.74. The van der Waals surface area contributed by atoms with E-state index in [-0.39, 0.29) is 5.41 Å². The number of benzene rings is 1. The van der Waals surface area contributed by atoms with Crippen molar-refractivity contribution in [2.45, 2.75) is 31.6 Å². The molecule has 1 aromatic carbocycles. The molecule has 3 N–H and O–H groups in total. The molecule has 0 bridgehead atoms. The van der Waals surface area contributed by atoms with Crippen molar-refractivity contribution in [2.24, 2.45) is 10.7 Å². The number of hydrogen-bond acceptors (Lipinski definition) is 1. The van der Waals surface area contributed by atoms with Gasteiger partial charge in [-0.1, -0.05) is 41.1 Å². The third kappa shape index (κ3) is 3.05. The van der Waals surface area contributed by atoms with Crippen molar-refractivity contribution >= 4 is 21.9 Å². The standard InChI is InChI=1S/C14H20BrN3/c1-2-9-17-13(16)18-10-14(7-8-14)11-5-3-4-6-12(11)15/h3-6H,2,7-10H2,1H3,(H3,16,17,18). The zero-order chi connectivity index (χ0) is 13.0. The van der Waals surface area contributed by atoms with Gasteiger partial charge in [-0.15, -0.1) is 0 Å². The summed E-state index contributed by atoms with van der Waals surface area (Å²) in [5.74, 6) is 0.565. The molecule has 0 aliphatic heterocycles. The molecule has 0 spiro atoms. The fourth-order valence-corrected chi connectivity index (χ4v) is 2.81. The highest BCUT2D eigenvalue weighted by Crippen LogP contribution is 2.50. The van der Waals surface area contributed by atoms with Crippen molar-refractivity contribution < 1.29 is 0 Å². The maximum atomic E-state index is 5.84. The molecule has 1 fully saturated rings. The van der Waals surface area contributed by atoms with E-state index in [9.17, 15) is 0 Å². The summed E-state index contributed by atoms with van der Waals surface area (Å²) in [4.78, 5) is 4.48. The lowest BCUT2D eigenvalue weighted by Gasteiger charge is -2.15. The SMILES string of the molecule is CCCNC(N)=NCC1(c2ccccc2Br)CC1. The fourth-order valence-electron chi connectivity index (χ4n) is 2.10. The van der Waals surface area contributed by atoms with Gasteiger partial charge in [0.2, 0.25) is 0 Å². The van der Waals surface area contributed by atoms with Crippen LogP contribution in [0.15, 0.2) is 33.7 Å². The molecular formula is C14H20BrN3. The van der Waals surface area contributed by atoms with Crippen LogP contribution < -0.4 is 11.1 Å². The largest absolute Gasteiger partial charge is 0.370 e. The molecule has 1 aliphatic carbocycles. The number of nitrogens with two attached hydrogens (primary N) is 1. The lowest BCUT2D eigenvalue weighted by Crippen LogP contribution is -2.33. The van der Waals surface area contributed by atoms with Crippen molar-refractivity contribution in [1.82, 2.24) is 5.32 Å². The Bertz CT molecular complexity index is 438. The van der Waals surface area contributed by atoms with E-state index in [1.807, 2.05) is 6.07 Å². The predicted molar refractivity (Wildman–Crippen MR) is 79.8 cm³/mol. The first-order valence-electron chi connectivity index (χ1n) is 6.47. The number of nitrogens with zero attached hydrogens (tertiary/aromatic N) is 1. The smallest absolute Gasteiger partial charge is 0.188 e. The van der Waals surface area contributed by atoms with Crippen molar-refractivity contribution in [3.8, 4) is 0 Å². The van der Waals surface area contributed by atoms with Crippen LogP contribution in [-0.2, 0) is 5.41 Å². The molecule has 0 radical (unpaired) electrons. The summed E-state index contributed by atoms with van der Waals surface area (Å²) < 4.78 is 1.18. The van der Waals surface area contributed by atoms with Crippen molar-refractivity contribution in [1.29, 1.82) is 0 Å². The maximum Gasteiger partial charge on any atom is 0.188 e. The Morgan fingerprint density at radius 2 is 2.17 bits per heavy atom. The number of guanidine groups is 1. The summed E-state index contributed by atoms with van der Waals surface area (Å²) in [7, 11) is 0. The summed E-state index contributed by atoms with van der Waals surface area (Å²) in [6.07, 6.45) is 3.45. The van der Waals surface area contributed by atoms with E-state index < -0.39 is 0 Å². The first-order valence-corrected chi connectivity index (χ1v) is 7.26. The van der Waals surface area contributed by atoms with E-state index in [0.29, 0.717) is 5.96 Å². The summed E-state index contributed by atoms with van der Waals surface area (Å²) in [5, 5.41) is 3.11. The monoisotopic (exact) mass is 309 g/mol. The second-order valence-electron chi connectivity index (χ2n) is 4.89. The van der Waals surface area contributed by atoms with E-state index in [1.165, 1.54) is 22.9 Å². The third-order valence-corrected chi connectivity index (χ3v) is 4.10. The Morgan fingerprint density at radius 1 is 1.44 bits per heavy atom. The van der Waals surface area contributed by atoms with Crippen LogP contribution in [0.1, 0.15) is 31.7 Å². The van der Waals surface area contributed by atoms with E-state index in [0.717, 1.165) is 19.5 Å². The zero-order valence-corrected chi connectivity index (χ0v) is 12.3. The molecule has 0 atom stereocenters. The first-order chi connectivity index (χ1) is 8.68. The minimum absolute atomic E-state index is 0.207. The molecule has 2 rings (SSSR count). The van der Waals surface area contributed by atoms with Gasteiger partial charge in [0.1, 0.15) is 0 Å². The Labute approximate surface area is 117 Å². The van der Waals surface area contributed by atoms with Crippen LogP contribution in [0.2, 0.25) is 0 Å². The van der Waals surface area contributed by atoms with Crippen molar-refractivity contribution in [2.75, 3.05) is 13.1 Å². The van der Waals surface area contributed by atoms with Gasteiger partial charge >= 0.3 is 0 Å². The molecule has 0 heterocycles. The number of halogens is 1. The molecule has 0 aromatic heterocycles. The van der Waals surface area contributed by atoms with Crippen LogP contribution in [0, 0.1) is 0 Å². The highest BCUT2D eigenvalue weighted by molar-refractivity contribution is 9.10. The zero-order valence-electron chi connectivity index (χ0n) is 10.7. The van der Waals surface area contributed by atoms with Gasteiger partial charge in [0.25, 0.3) is 0 Å². The minimum Gasteiger partial charge on any atom is -0.370 e. The molecular weight excluding hydrogens is 290 g/mol. The Morgan fingerprint density at radius 3 is 2.78 bits per heavy atom. The van der Waals surface area contributed by atoms with E-state index in [4.69, 9.17) is 5.73 Å². The highest BCUT2D eigenvalue weighted by Gasteiger charge is 2.45. The molecule has 3 nitrogen and oxygen atoms in total. The summed E-state index contributed by atoms with van der Waals surface area (Å²) in [6.45, 7) is 3.78.